The maximum absolute atomic E-state index is 10.6. The Labute approximate surface area is 55.1 Å². The summed E-state index contributed by atoms with van der Waals surface area (Å²) >= 11 is 0. The summed E-state index contributed by atoms with van der Waals surface area (Å²) in [6.45, 7) is 3.59. The van der Waals surface area contributed by atoms with Crippen molar-refractivity contribution in [3.63, 3.8) is 0 Å². The van der Waals surface area contributed by atoms with E-state index in [0.29, 0.717) is 0 Å². The number of rotatable bonds is 1. The van der Waals surface area contributed by atoms with E-state index in [4.69, 9.17) is 0 Å². The van der Waals surface area contributed by atoms with E-state index in [0.717, 1.165) is 6.42 Å². The van der Waals surface area contributed by atoms with Crippen LogP contribution in [0.2, 0.25) is 0 Å². The van der Waals surface area contributed by atoms with Crippen LogP contribution in [0.25, 0.3) is 0 Å². The molecule has 0 aromatic heterocycles. The molecule has 0 spiro atoms. The zero-order valence-electron chi connectivity index (χ0n) is 5.49. The molecule has 3 nitrogen and oxygen atoms in total. The minimum Gasteiger partial charge on any atom is -0.265 e. The van der Waals surface area contributed by atoms with E-state index in [2.05, 4.69) is 4.18 Å². The summed E-state index contributed by atoms with van der Waals surface area (Å²) in [4.78, 5) is 0. The van der Waals surface area contributed by atoms with Crippen LogP contribution in [0.15, 0.2) is 0 Å². The third kappa shape index (κ3) is 0.966. The maximum Gasteiger partial charge on any atom is 0.272 e. The molecule has 2 atom stereocenters. The van der Waals surface area contributed by atoms with Gasteiger partial charge in [0.05, 0.1) is 6.10 Å². The Balaban J connectivity index is 2.62. The van der Waals surface area contributed by atoms with Gasteiger partial charge in [0.2, 0.25) is 0 Å². The van der Waals surface area contributed by atoms with Crippen LogP contribution in [0.5, 0.6) is 0 Å². The van der Waals surface area contributed by atoms with Gasteiger partial charge in [-0.2, -0.15) is 8.42 Å². The predicted octanol–water partition coefficient (Wildman–Crippen LogP) is 0.513. The fourth-order valence-corrected chi connectivity index (χ4v) is 2.14. The number of hydrogen-bond acceptors (Lipinski definition) is 3. The Morgan fingerprint density at radius 1 is 1.56 bits per heavy atom. The molecular weight excluding hydrogens is 140 g/mol. The fraction of sp³-hybridized carbons (Fsp3) is 1.00. The molecule has 0 amide bonds. The molecule has 1 fully saturated rings. The van der Waals surface area contributed by atoms with Gasteiger partial charge in [0, 0.05) is 0 Å². The second-order valence-corrected chi connectivity index (χ2v) is 4.16. The maximum atomic E-state index is 10.6. The second kappa shape index (κ2) is 1.95. The lowest BCUT2D eigenvalue weighted by molar-refractivity contribution is 0.141. The largest absolute Gasteiger partial charge is 0.272 e. The van der Waals surface area contributed by atoms with Crippen molar-refractivity contribution in [3.05, 3.63) is 0 Å². The van der Waals surface area contributed by atoms with Gasteiger partial charge >= 0.3 is 0 Å². The van der Waals surface area contributed by atoms with E-state index >= 15 is 0 Å². The lowest BCUT2D eigenvalue weighted by atomic mass is 10.2. The molecule has 0 N–H and O–H groups in total. The third-order valence-corrected chi connectivity index (χ3v) is 3.37. The van der Waals surface area contributed by atoms with Gasteiger partial charge in [-0.25, -0.2) is 0 Å². The van der Waals surface area contributed by atoms with E-state index in [1.807, 2.05) is 6.92 Å². The monoisotopic (exact) mass is 150 g/mol. The highest BCUT2D eigenvalue weighted by molar-refractivity contribution is 7.88. The zero-order chi connectivity index (χ0) is 7.07. The van der Waals surface area contributed by atoms with Crippen molar-refractivity contribution in [2.45, 2.75) is 31.6 Å². The molecule has 0 aromatic rings. The average molecular weight is 150 g/mol. The fourth-order valence-electron chi connectivity index (χ4n) is 0.870. The van der Waals surface area contributed by atoms with Crippen molar-refractivity contribution < 1.29 is 12.6 Å². The van der Waals surface area contributed by atoms with E-state index in [-0.39, 0.29) is 11.4 Å². The Morgan fingerprint density at radius 2 is 2.11 bits per heavy atom. The summed E-state index contributed by atoms with van der Waals surface area (Å²) in [6, 6.07) is 0. The van der Waals surface area contributed by atoms with Gasteiger partial charge in [0.25, 0.3) is 10.1 Å². The molecule has 1 rings (SSSR count). The van der Waals surface area contributed by atoms with Crippen molar-refractivity contribution in [1.82, 2.24) is 0 Å². The molecule has 1 heterocycles. The Morgan fingerprint density at radius 3 is 2.22 bits per heavy atom. The van der Waals surface area contributed by atoms with Crippen LogP contribution < -0.4 is 0 Å². The first-order valence-corrected chi connectivity index (χ1v) is 4.47. The molecule has 1 aliphatic heterocycles. The molecular formula is C5H10O3S. The van der Waals surface area contributed by atoms with E-state index in [1.54, 1.807) is 6.92 Å². The molecule has 1 aliphatic rings. The molecule has 54 valence electrons. The van der Waals surface area contributed by atoms with Crippen LogP contribution in [-0.4, -0.2) is 19.8 Å². The van der Waals surface area contributed by atoms with Gasteiger partial charge in [-0.15, -0.1) is 0 Å². The van der Waals surface area contributed by atoms with Crippen molar-refractivity contribution in [2.24, 2.45) is 0 Å². The molecule has 9 heavy (non-hydrogen) atoms. The van der Waals surface area contributed by atoms with Gasteiger partial charge < -0.3 is 0 Å². The van der Waals surface area contributed by atoms with Gasteiger partial charge in [-0.1, -0.05) is 6.92 Å². The van der Waals surface area contributed by atoms with Gasteiger partial charge in [0.15, 0.2) is 0 Å². The van der Waals surface area contributed by atoms with Crippen LogP contribution in [0, 0.1) is 0 Å². The van der Waals surface area contributed by atoms with Crippen LogP contribution in [0.4, 0.5) is 0 Å². The Kier molecular flexibility index (Phi) is 1.52. The Bertz CT molecular complexity index is 194. The van der Waals surface area contributed by atoms with Crippen molar-refractivity contribution in [2.75, 3.05) is 0 Å². The van der Waals surface area contributed by atoms with Crippen LogP contribution in [0.3, 0.4) is 0 Å². The summed E-state index contributed by atoms with van der Waals surface area (Å²) < 4.78 is 25.7. The first kappa shape index (κ1) is 7.02. The van der Waals surface area contributed by atoms with Crippen LogP contribution >= 0.6 is 0 Å². The second-order valence-electron chi connectivity index (χ2n) is 2.24. The first-order chi connectivity index (χ1) is 4.08. The van der Waals surface area contributed by atoms with Crippen molar-refractivity contribution in [1.29, 1.82) is 0 Å². The summed E-state index contributed by atoms with van der Waals surface area (Å²) in [5, 5.41) is -0.289. The average Bonchev–Trinajstić information content (AvgIpc) is 1.82. The summed E-state index contributed by atoms with van der Waals surface area (Å²) in [6.07, 6.45) is 0.718. The molecule has 0 radical (unpaired) electrons. The minimum absolute atomic E-state index is 0.0602. The molecule has 0 bridgehead atoms. The standard InChI is InChI=1S/C5H10O3S/c1-3-5-4(2)9(6,7)8-5/h4-5H,3H2,1-2H3/t4-,5-/m1/s1. The van der Waals surface area contributed by atoms with Crippen molar-refractivity contribution >= 4 is 10.1 Å². The van der Waals surface area contributed by atoms with Gasteiger partial charge in [0.1, 0.15) is 5.25 Å². The summed E-state index contributed by atoms with van der Waals surface area (Å²) in [5.74, 6) is 0. The van der Waals surface area contributed by atoms with E-state index in [9.17, 15) is 8.42 Å². The zero-order valence-corrected chi connectivity index (χ0v) is 6.31. The summed E-state index contributed by atoms with van der Waals surface area (Å²) in [7, 11) is -3.12. The van der Waals surface area contributed by atoms with E-state index in [1.165, 1.54) is 0 Å². The topological polar surface area (TPSA) is 43.4 Å². The lowest BCUT2D eigenvalue weighted by Crippen LogP contribution is -2.46. The highest BCUT2D eigenvalue weighted by Crippen LogP contribution is 2.26. The van der Waals surface area contributed by atoms with E-state index < -0.39 is 10.1 Å². The quantitative estimate of drug-likeness (QED) is 0.512. The highest BCUT2D eigenvalue weighted by Gasteiger charge is 2.42. The van der Waals surface area contributed by atoms with Crippen LogP contribution in [-0.2, 0) is 14.3 Å². The minimum atomic E-state index is -3.12. The first-order valence-electron chi connectivity index (χ1n) is 3.00. The molecule has 0 aromatic carbocycles. The molecule has 0 aliphatic carbocycles. The third-order valence-electron chi connectivity index (χ3n) is 1.64. The summed E-state index contributed by atoms with van der Waals surface area (Å²) in [5.41, 5.74) is 0. The Hall–Kier alpha value is -0.0900. The SMILES string of the molecule is CC[C@H]1OS(=O)(=O)[C@@H]1C. The molecule has 0 saturated carbocycles. The predicted molar refractivity (Wildman–Crippen MR) is 33.5 cm³/mol. The molecule has 4 heteroatoms. The van der Waals surface area contributed by atoms with Crippen molar-refractivity contribution in [3.8, 4) is 0 Å². The number of hydrogen-bond donors (Lipinski definition) is 0. The highest BCUT2D eigenvalue weighted by atomic mass is 32.2. The normalized spacial score (nSPS) is 39.8. The van der Waals surface area contributed by atoms with Gasteiger partial charge in [-0.3, -0.25) is 4.18 Å². The molecule has 1 saturated heterocycles. The lowest BCUT2D eigenvalue weighted by Gasteiger charge is -2.31. The smallest absolute Gasteiger partial charge is 0.265 e. The van der Waals surface area contributed by atoms with Gasteiger partial charge in [-0.05, 0) is 13.3 Å². The van der Waals surface area contributed by atoms with Crippen LogP contribution in [0.1, 0.15) is 20.3 Å². The molecule has 0 unspecified atom stereocenters.